The van der Waals surface area contributed by atoms with E-state index in [9.17, 15) is 9.59 Å². The predicted molar refractivity (Wildman–Crippen MR) is 133 cm³/mol. The number of carbonyl (C=O) groups excluding carboxylic acids is 2. The van der Waals surface area contributed by atoms with Crippen molar-refractivity contribution < 1.29 is 14.3 Å². The predicted octanol–water partition coefficient (Wildman–Crippen LogP) is 4.53. The second-order valence-corrected chi connectivity index (χ2v) is 9.08. The van der Waals surface area contributed by atoms with E-state index < -0.39 is 0 Å². The maximum atomic E-state index is 13.1. The Morgan fingerprint density at radius 1 is 1.12 bits per heavy atom. The van der Waals surface area contributed by atoms with Gasteiger partial charge < -0.3 is 9.64 Å². The lowest BCUT2D eigenvalue weighted by Gasteiger charge is -2.25. The van der Waals surface area contributed by atoms with Gasteiger partial charge >= 0.3 is 0 Å². The average Bonchev–Trinajstić information content (AvgIpc) is 3.49. The smallest absolute Gasteiger partial charge is 0.246 e. The minimum absolute atomic E-state index is 0.0140. The fourth-order valence-electron chi connectivity index (χ4n) is 4.11. The maximum Gasteiger partial charge on any atom is 0.246 e. The minimum Gasteiger partial charge on any atom is -0.376 e. The third kappa shape index (κ3) is 6.11. The fraction of sp³-hybridized carbons (Fsp3) is 0.370. The molecule has 3 aromatic rings. The quantitative estimate of drug-likeness (QED) is 0.509. The number of ether oxygens (including phenoxy) is 1. The summed E-state index contributed by atoms with van der Waals surface area (Å²) < 4.78 is 7.59. The topological polar surface area (TPSA) is 76.5 Å². The Balaban J connectivity index is 1.55. The van der Waals surface area contributed by atoms with Crippen LogP contribution in [0, 0.1) is 5.92 Å². The van der Waals surface area contributed by atoms with Gasteiger partial charge in [-0.3, -0.25) is 19.5 Å². The zero-order chi connectivity index (χ0) is 23.9. The monoisotopic (exact) mass is 460 g/mol. The molecule has 1 aliphatic heterocycles. The molecule has 0 aliphatic carbocycles. The van der Waals surface area contributed by atoms with Crippen LogP contribution in [0.5, 0.6) is 0 Å². The second-order valence-electron chi connectivity index (χ2n) is 9.08. The summed E-state index contributed by atoms with van der Waals surface area (Å²) in [4.78, 5) is 32.3. The number of hydrogen-bond acceptors (Lipinski definition) is 4. The number of aromatic nitrogens is 2. The van der Waals surface area contributed by atoms with Crippen molar-refractivity contribution in [3.05, 3.63) is 66.9 Å². The molecule has 1 fully saturated rings. The van der Waals surface area contributed by atoms with Crippen molar-refractivity contribution in [3.8, 4) is 16.9 Å². The highest BCUT2D eigenvalue weighted by molar-refractivity contribution is 5.94. The number of benzene rings is 2. The van der Waals surface area contributed by atoms with Gasteiger partial charge in [-0.25, -0.2) is 4.98 Å². The molecule has 1 saturated heterocycles. The molecule has 1 atom stereocenters. The van der Waals surface area contributed by atoms with Crippen LogP contribution in [-0.2, 0) is 14.3 Å². The lowest BCUT2D eigenvalue weighted by Crippen LogP contribution is -2.42. The molecule has 1 aromatic heterocycles. The average molecular weight is 461 g/mol. The summed E-state index contributed by atoms with van der Waals surface area (Å²) in [5.74, 6) is 0.325. The summed E-state index contributed by atoms with van der Waals surface area (Å²) in [5.41, 5.74) is 2.60. The number of anilines is 1. The van der Waals surface area contributed by atoms with Gasteiger partial charge in [0.15, 0.2) is 0 Å². The number of carbonyl (C=O) groups is 2. The Kier molecular flexibility index (Phi) is 7.75. The van der Waals surface area contributed by atoms with E-state index in [0.717, 1.165) is 29.8 Å². The van der Waals surface area contributed by atoms with E-state index in [1.165, 1.54) is 0 Å². The Morgan fingerprint density at radius 2 is 1.82 bits per heavy atom. The summed E-state index contributed by atoms with van der Waals surface area (Å²) in [6.45, 7) is 5.11. The molecule has 2 amide bonds. The highest BCUT2D eigenvalue weighted by Gasteiger charge is 2.25. The van der Waals surface area contributed by atoms with Crippen LogP contribution in [0.25, 0.3) is 16.9 Å². The van der Waals surface area contributed by atoms with Crippen molar-refractivity contribution in [1.29, 1.82) is 0 Å². The Hall–Kier alpha value is -3.45. The first-order valence-electron chi connectivity index (χ1n) is 11.9. The van der Waals surface area contributed by atoms with E-state index in [4.69, 9.17) is 9.72 Å². The molecular formula is C27H32N4O3. The number of rotatable bonds is 9. The highest BCUT2D eigenvalue weighted by Crippen LogP contribution is 2.24. The minimum atomic E-state index is -0.280. The molecule has 0 bridgehead atoms. The molecule has 2 aromatic carbocycles. The largest absolute Gasteiger partial charge is 0.376 e. The fourth-order valence-corrected chi connectivity index (χ4v) is 4.11. The molecule has 1 N–H and O–H groups in total. The number of imidazole rings is 1. The molecular weight excluding hydrogens is 428 g/mol. The Labute approximate surface area is 200 Å². The number of nitrogens with one attached hydrogen (secondary N) is 1. The lowest BCUT2D eigenvalue weighted by molar-refractivity contribution is -0.136. The van der Waals surface area contributed by atoms with Crippen LogP contribution in [0.15, 0.2) is 66.9 Å². The normalized spacial score (nSPS) is 15.4. The molecule has 2 heterocycles. The van der Waals surface area contributed by atoms with Crippen LogP contribution in [0.2, 0.25) is 0 Å². The zero-order valence-electron chi connectivity index (χ0n) is 19.8. The summed E-state index contributed by atoms with van der Waals surface area (Å²) in [6.07, 6.45) is 4.19. The van der Waals surface area contributed by atoms with Crippen molar-refractivity contribution in [1.82, 2.24) is 14.5 Å². The van der Waals surface area contributed by atoms with Crippen molar-refractivity contribution in [2.24, 2.45) is 5.92 Å². The number of amides is 2. The van der Waals surface area contributed by atoms with E-state index in [-0.39, 0.29) is 30.4 Å². The van der Waals surface area contributed by atoms with E-state index in [1.807, 2.05) is 85.3 Å². The first-order chi connectivity index (χ1) is 16.5. The molecule has 7 nitrogen and oxygen atoms in total. The van der Waals surface area contributed by atoms with Gasteiger partial charge in [0, 0.05) is 37.0 Å². The SMILES string of the molecule is CC(C)CC(=O)N(CC(=O)Nc1nc(-c2ccccc2)cn1-c1ccccc1)C[C@@H]1CCCO1. The Morgan fingerprint density at radius 3 is 2.47 bits per heavy atom. The summed E-state index contributed by atoms with van der Waals surface area (Å²) in [6, 6.07) is 19.6. The number of hydrogen-bond donors (Lipinski definition) is 1. The number of nitrogens with zero attached hydrogens (tertiary/aromatic N) is 3. The first-order valence-corrected chi connectivity index (χ1v) is 11.9. The molecule has 0 spiro atoms. The number of para-hydroxylation sites is 1. The van der Waals surface area contributed by atoms with Crippen LogP contribution in [0.1, 0.15) is 33.1 Å². The molecule has 178 valence electrons. The van der Waals surface area contributed by atoms with Crippen molar-refractivity contribution >= 4 is 17.8 Å². The van der Waals surface area contributed by atoms with Crippen molar-refractivity contribution in [3.63, 3.8) is 0 Å². The van der Waals surface area contributed by atoms with Crippen LogP contribution >= 0.6 is 0 Å². The van der Waals surface area contributed by atoms with Crippen LogP contribution in [-0.4, -0.2) is 52.1 Å². The summed E-state index contributed by atoms with van der Waals surface area (Å²) >= 11 is 0. The van der Waals surface area contributed by atoms with Crippen LogP contribution < -0.4 is 5.32 Å². The zero-order valence-corrected chi connectivity index (χ0v) is 19.8. The second kappa shape index (κ2) is 11.1. The standard InChI is InChI=1S/C27H32N4O3/c1-20(2)16-26(33)30(17-23-14-9-15-34-23)19-25(32)29-27-28-24(21-10-5-3-6-11-21)18-31(27)22-12-7-4-8-13-22/h3-8,10-13,18,20,23H,9,14-17,19H2,1-2H3,(H,28,29,32)/t23-/m0/s1. The third-order valence-corrected chi connectivity index (χ3v) is 5.78. The molecule has 0 saturated carbocycles. The van der Waals surface area contributed by atoms with Crippen LogP contribution in [0.4, 0.5) is 5.95 Å². The van der Waals surface area contributed by atoms with Crippen molar-refractivity contribution in [2.45, 2.75) is 39.2 Å². The lowest BCUT2D eigenvalue weighted by atomic mass is 10.1. The van der Waals surface area contributed by atoms with Gasteiger partial charge in [-0.1, -0.05) is 62.4 Å². The summed E-state index contributed by atoms with van der Waals surface area (Å²) in [5, 5.41) is 2.94. The molecule has 1 aliphatic rings. The molecule has 34 heavy (non-hydrogen) atoms. The Bertz CT molecular complexity index is 1090. The van der Waals surface area contributed by atoms with E-state index in [0.29, 0.717) is 25.5 Å². The van der Waals surface area contributed by atoms with Gasteiger partial charge in [-0.15, -0.1) is 0 Å². The van der Waals surface area contributed by atoms with Gasteiger partial charge in [-0.05, 0) is 30.9 Å². The maximum absolute atomic E-state index is 13.1. The highest BCUT2D eigenvalue weighted by atomic mass is 16.5. The summed E-state index contributed by atoms with van der Waals surface area (Å²) in [7, 11) is 0. The van der Waals surface area contributed by atoms with Gasteiger partial charge in [0.2, 0.25) is 17.8 Å². The van der Waals surface area contributed by atoms with E-state index in [1.54, 1.807) is 4.90 Å². The molecule has 0 unspecified atom stereocenters. The van der Waals surface area contributed by atoms with Gasteiger partial charge in [0.1, 0.15) is 6.54 Å². The molecule has 0 radical (unpaired) electrons. The first kappa shape index (κ1) is 23.7. The van der Waals surface area contributed by atoms with E-state index in [2.05, 4.69) is 5.32 Å². The molecule has 7 heteroatoms. The third-order valence-electron chi connectivity index (χ3n) is 5.78. The van der Waals surface area contributed by atoms with Gasteiger partial charge in [0.05, 0.1) is 11.8 Å². The van der Waals surface area contributed by atoms with E-state index >= 15 is 0 Å². The van der Waals surface area contributed by atoms with Crippen molar-refractivity contribution in [2.75, 3.05) is 25.0 Å². The van der Waals surface area contributed by atoms with Crippen LogP contribution in [0.3, 0.4) is 0 Å². The molecule has 4 rings (SSSR count). The van der Waals surface area contributed by atoms with Gasteiger partial charge in [-0.2, -0.15) is 0 Å². The van der Waals surface area contributed by atoms with Gasteiger partial charge in [0.25, 0.3) is 0 Å².